The number of nitrogens with zero attached hydrogens (tertiary/aromatic N) is 3. The second-order valence-electron chi connectivity index (χ2n) is 7.22. The Morgan fingerprint density at radius 1 is 1.15 bits per heavy atom. The van der Waals surface area contributed by atoms with Crippen molar-refractivity contribution in [3.8, 4) is 0 Å². The van der Waals surface area contributed by atoms with Gasteiger partial charge in [-0.2, -0.15) is 0 Å². The number of hydrogen-bond acceptors (Lipinski definition) is 3. The Morgan fingerprint density at radius 3 is 2.63 bits per heavy atom. The van der Waals surface area contributed by atoms with Gasteiger partial charge in [-0.05, 0) is 54.8 Å². The number of benzene rings is 2. The second-order valence-corrected chi connectivity index (χ2v) is 7.22. The first-order valence-corrected chi connectivity index (χ1v) is 9.41. The van der Waals surface area contributed by atoms with E-state index in [1.165, 1.54) is 17.2 Å². The predicted molar refractivity (Wildman–Crippen MR) is 110 cm³/mol. The Bertz CT molecular complexity index is 999. The van der Waals surface area contributed by atoms with Crippen LogP contribution in [0.1, 0.15) is 22.3 Å². The predicted octanol–water partition coefficient (Wildman–Crippen LogP) is 3.89. The van der Waals surface area contributed by atoms with Crippen LogP contribution in [0.5, 0.6) is 0 Å². The van der Waals surface area contributed by atoms with Crippen LogP contribution >= 0.6 is 0 Å². The minimum atomic E-state index is -0.238. The molecule has 0 atom stereocenters. The highest BCUT2D eigenvalue weighted by Gasteiger charge is 2.20. The summed E-state index contributed by atoms with van der Waals surface area (Å²) < 4.78 is 16.1. The van der Waals surface area contributed by atoms with E-state index in [9.17, 15) is 4.39 Å². The van der Waals surface area contributed by atoms with Crippen molar-refractivity contribution in [3.05, 3.63) is 65.0 Å². The summed E-state index contributed by atoms with van der Waals surface area (Å²) in [5, 5.41) is 3.40. The van der Waals surface area contributed by atoms with Crippen molar-refractivity contribution >= 4 is 23.1 Å². The first-order valence-electron chi connectivity index (χ1n) is 9.41. The molecule has 1 saturated heterocycles. The molecule has 0 saturated carbocycles. The van der Waals surface area contributed by atoms with Crippen molar-refractivity contribution < 1.29 is 4.39 Å². The molecule has 1 fully saturated rings. The summed E-state index contributed by atoms with van der Waals surface area (Å²) in [5.41, 5.74) is 6.21. The number of fused-ring (bicyclic) bond motifs is 1. The number of aryl methyl sites for hydroxylation is 2. The zero-order valence-corrected chi connectivity index (χ0v) is 15.9. The van der Waals surface area contributed by atoms with Crippen LogP contribution in [0.3, 0.4) is 0 Å². The van der Waals surface area contributed by atoms with Crippen molar-refractivity contribution in [2.45, 2.75) is 20.4 Å². The molecule has 4 nitrogen and oxygen atoms in total. The Balaban J connectivity index is 1.83. The number of imidazole rings is 1. The molecule has 27 heavy (non-hydrogen) atoms. The van der Waals surface area contributed by atoms with Crippen molar-refractivity contribution in [2.75, 3.05) is 31.1 Å². The Kier molecular flexibility index (Phi) is 4.70. The maximum atomic E-state index is 13.9. The smallest absolute Gasteiger partial charge is 0.206 e. The largest absolute Gasteiger partial charge is 0.340 e. The Hall–Kier alpha value is -2.66. The third-order valence-corrected chi connectivity index (χ3v) is 5.36. The van der Waals surface area contributed by atoms with E-state index in [0.29, 0.717) is 12.1 Å². The number of aromatic nitrogens is 2. The highest BCUT2D eigenvalue weighted by molar-refractivity contribution is 5.81. The lowest BCUT2D eigenvalue weighted by Crippen LogP contribution is -2.44. The lowest BCUT2D eigenvalue weighted by molar-refractivity contribution is 0.571. The monoisotopic (exact) mass is 364 g/mol. The molecular formula is C22H25FN4. The molecule has 0 spiro atoms. The minimum Gasteiger partial charge on any atom is -0.340 e. The van der Waals surface area contributed by atoms with E-state index in [4.69, 9.17) is 4.98 Å². The van der Waals surface area contributed by atoms with Gasteiger partial charge in [0.15, 0.2) is 0 Å². The standard InChI is InChI=1S/C22H25FN4/c1-4-18-13-17(5-6-19(18)23)14-27-21-12-16(3)15(2)11-20(21)25-22(27)26-9-7-24-8-10-26/h4-6,11-13,24H,1,7-10,14H2,2-3H3. The summed E-state index contributed by atoms with van der Waals surface area (Å²) in [6, 6.07) is 9.60. The molecule has 3 aromatic rings. The number of rotatable bonds is 4. The molecule has 1 aliphatic heterocycles. The average Bonchev–Trinajstić information content (AvgIpc) is 3.01. The molecule has 0 unspecified atom stereocenters. The molecule has 2 heterocycles. The van der Waals surface area contributed by atoms with Gasteiger partial charge in [-0.15, -0.1) is 0 Å². The van der Waals surface area contributed by atoms with Crippen molar-refractivity contribution in [1.29, 1.82) is 0 Å². The molecule has 0 amide bonds. The van der Waals surface area contributed by atoms with Gasteiger partial charge in [0.05, 0.1) is 17.6 Å². The van der Waals surface area contributed by atoms with Crippen LogP contribution in [-0.2, 0) is 6.54 Å². The first-order chi connectivity index (χ1) is 13.1. The molecular weight excluding hydrogens is 339 g/mol. The molecule has 1 N–H and O–H groups in total. The van der Waals surface area contributed by atoms with E-state index in [1.807, 2.05) is 12.1 Å². The topological polar surface area (TPSA) is 33.1 Å². The van der Waals surface area contributed by atoms with Crippen LogP contribution < -0.4 is 10.2 Å². The number of piperazine rings is 1. The SMILES string of the molecule is C=Cc1cc(Cn2c(N3CCNCC3)nc3cc(C)c(C)cc32)ccc1F. The number of nitrogens with one attached hydrogen (secondary N) is 1. The maximum Gasteiger partial charge on any atom is 0.206 e. The Morgan fingerprint density at radius 2 is 1.89 bits per heavy atom. The van der Waals surface area contributed by atoms with Gasteiger partial charge in [-0.1, -0.05) is 18.7 Å². The molecule has 2 aromatic carbocycles. The lowest BCUT2D eigenvalue weighted by atomic mass is 10.1. The summed E-state index contributed by atoms with van der Waals surface area (Å²) in [7, 11) is 0. The maximum absolute atomic E-state index is 13.9. The van der Waals surface area contributed by atoms with Crippen LogP contribution in [0.4, 0.5) is 10.3 Å². The summed E-state index contributed by atoms with van der Waals surface area (Å²) in [6.07, 6.45) is 1.57. The van der Waals surface area contributed by atoms with Crippen LogP contribution in [0, 0.1) is 19.7 Å². The Labute approximate surface area is 159 Å². The molecule has 0 radical (unpaired) electrons. The van der Waals surface area contributed by atoms with E-state index >= 15 is 0 Å². The van der Waals surface area contributed by atoms with Crippen molar-refractivity contribution in [1.82, 2.24) is 14.9 Å². The van der Waals surface area contributed by atoms with E-state index in [1.54, 1.807) is 6.08 Å². The first kappa shape index (κ1) is 17.7. The molecule has 0 aliphatic carbocycles. The van der Waals surface area contributed by atoms with Gasteiger partial charge in [0, 0.05) is 31.7 Å². The van der Waals surface area contributed by atoms with Gasteiger partial charge in [-0.25, -0.2) is 9.37 Å². The highest BCUT2D eigenvalue weighted by atomic mass is 19.1. The van der Waals surface area contributed by atoms with Crippen LogP contribution in [-0.4, -0.2) is 35.7 Å². The summed E-state index contributed by atoms with van der Waals surface area (Å²) in [4.78, 5) is 7.29. The third-order valence-electron chi connectivity index (χ3n) is 5.36. The second kappa shape index (κ2) is 7.16. The van der Waals surface area contributed by atoms with Gasteiger partial charge in [0.1, 0.15) is 5.82 Å². The minimum absolute atomic E-state index is 0.238. The van der Waals surface area contributed by atoms with Crippen LogP contribution in [0.25, 0.3) is 17.1 Å². The van der Waals surface area contributed by atoms with E-state index in [2.05, 4.69) is 47.3 Å². The fourth-order valence-corrected chi connectivity index (χ4v) is 3.66. The number of halogens is 1. The van der Waals surface area contributed by atoms with Gasteiger partial charge in [0.25, 0.3) is 0 Å². The average molecular weight is 364 g/mol. The van der Waals surface area contributed by atoms with Gasteiger partial charge >= 0.3 is 0 Å². The molecule has 5 heteroatoms. The normalized spacial score (nSPS) is 14.7. The van der Waals surface area contributed by atoms with E-state index in [-0.39, 0.29) is 5.82 Å². The van der Waals surface area contributed by atoms with Gasteiger partial charge < -0.3 is 14.8 Å². The fraction of sp³-hybridized carbons (Fsp3) is 0.318. The van der Waals surface area contributed by atoms with E-state index < -0.39 is 0 Å². The summed E-state index contributed by atoms with van der Waals surface area (Å²) in [6.45, 7) is 12.4. The summed E-state index contributed by atoms with van der Waals surface area (Å²) >= 11 is 0. The zero-order valence-electron chi connectivity index (χ0n) is 15.9. The quantitative estimate of drug-likeness (QED) is 0.762. The van der Waals surface area contributed by atoms with Crippen LogP contribution in [0.2, 0.25) is 0 Å². The lowest BCUT2D eigenvalue weighted by Gasteiger charge is -2.29. The third kappa shape index (κ3) is 3.35. The van der Waals surface area contributed by atoms with Crippen molar-refractivity contribution in [3.63, 3.8) is 0 Å². The molecule has 0 bridgehead atoms. The molecule has 1 aliphatic rings. The van der Waals surface area contributed by atoms with E-state index in [0.717, 1.165) is 48.7 Å². The van der Waals surface area contributed by atoms with Gasteiger partial charge in [-0.3, -0.25) is 0 Å². The zero-order chi connectivity index (χ0) is 19.0. The summed E-state index contributed by atoms with van der Waals surface area (Å²) in [5.74, 6) is 0.749. The molecule has 4 rings (SSSR count). The fourth-order valence-electron chi connectivity index (χ4n) is 3.66. The van der Waals surface area contributed by atoms with Crippen LogP contribution in [0.15, 0.2) is 36.9 Å². The molecule has 140 valence electrons. The number of anilines is 1. The molecule has 1 aromatic heterocycles. The number of hydrogen-bond donors (Lipinski definition) is 1. The van der Waals surface area contributed by atoms with Crippen molar-refractivity contribution in [2.24, 2.45) is 0 Å². The van der Waals surface area contributed by atoms with Gasteiger partial charge in [0.2, 0.25) is 5.95 Å². The highest BCUT2D eigenvalue weighted by Crippen LogP contribution is 2.27.